The van der Waals surface area contributed by atoms with E-state index in [0.717, 1.165) is 51.8 Å². The Hall–Kier alpha value is -0.600. The Morgan fingerprint density at radius 1 is 0.774 bits per heavy atom. The summed E-state index contributed by atoms with van der Waals surface area (Å²) < 4.78 is 24.6. The van der Waals surface area contributed by atoms with E-state index >= 15 is 0 Å². The van der Waals surface area contributed by atoms with Gasteiger partial charge in [-0.05, 0) is 67.3 Å². The molecule has 0 unspecified atom stereocenters. The SMILES string of the molecule is Cc1cc(O[C@@H]2CCOC2)cc(C)c1Br.Cc1cc(O[C@@H]2CCOC2)cc(CBr)c1Br. The topological polar surface area (TPSA) is 36.9 Å². The second-order valence-electron chi connectivity index (χ2n) is 7.92. The molecule has 2 aromatic rings. The molecule has 0 spiro atoms. The molecule has 2 aromatic carbocycles. The van der Waals surface area contributed by atoms with Crippen LogP contribution in [-0.2, 0) is 14.8 Å². The summed E-state index contributed by atoms with van der Waals surface area (Å²) in [6.45, 7) is 9.29. The number of benzene rings is 2. The third kappa shape index (κ3) is 7.19. The molecule has 2 aliphatic rings. The molecule has 2 saturated heterocycles. The summed E-state index contributed by atoms with van der Waals surface area (Å²) in [4.78, 5) is 0. The molecule has 0 saturated carbocycles. The molecule has 170 valence electrons. The predicted octanol–water partition coefficient (Wildman–Crippen LogP) is 7.05. The highest BCUT2D eigenvalue weighted by molar-refractivity contribution is 9.11. The first-order chi connectivity index (χ1) is 14.9. The highest BCUT2D eigenvalue weighted by atomic mass is 79.9. The molecule has 0 aliphatic carbocycles. The number of halogens is 3. The predicted molar refractivity (Wildman–Crippen MR) is 135 cm³/mol. The Morgan fingerprint density at radius 3 is 1.65 bits per heavy atom. The first kappa shape index (κ1) is 25.0. The number of ether oxygens (including phenoxy) is 4. The summed E-state index contributed by atoms with van der Waals surface area (Å²) in [5, 5.41) is 0.826. The highest BCUT2D eigenvalue weighted by Gasteiger charge is 2.18. The Morgan fingerprint density at radius 2 is 1.23 bits per heavy atom. The van der Waals surface area contributed by atoms with Crippen molar-refractivity contribution in [2.75, 3.05) is 26.4 Å². The van der Waals surface area contributed by atoms with Gasteiger partial charge in [0, 0.05) is 27.1 Å². The first-order valence-corrected chi connectivity index (χ1v) is 13.2. The van der Waals surface area contributed by atoms with Crippen molar-refractivity contribution in [2.24, 2.45) is 0 Å². The van der Waals surface area contributed by atoms with Crippen LogP contribution in [-0.4, -0.2) is 38.6 Å². The van der Waals surface area contributed by atoms with Gasteiger partial charge >= 0.3 is 0 Å². The molecular weight excluding hydrogens is 592 g/mol. The minimum atomic E-state index is 0.212. The molecule has 0 radical (unpaired) electrons. The molecule has 4 rings (SSSR count). The largest absolute Gasteiger partial charge is 0.488 e. The minimum Gasteiger partial charge on any atom is -0.488 e. The minimum absolute atomic E-state index is 0.212. The van der Waals surface area contributed by atoms with Crippen molar-refractivity contribution in [3.05, 3.63) is 55.5 Å². The van der Waals surface area contributed by atoms with E-state index in [1.165, 1.54) is 22.3 Å². The van der Waals surface area contributed by atoms with Crippen LogP contribution in [0.25, 0.3) is 0 Å². The van der Waals surface area contributed by atoms with Crippen LogP contribution < -0.4 is 9.47 Å². The van der Waals surface area contributed by atoms with Gasteiger partial charge in [0.15, 0.2) is 0 Å². The third-order valence-corrected chi connectivity index (χ3v) is 8.23. The van der Waals surface area contributed by atoms with Crippen LogP contribution in [0, 0.1) is 20.8 Å². The van der Waals surface area contributed by atoms with Gasteiger partial charge < -0.3 is 18.9 Å². The molecular formula is C24H29Br3O4. The molecule has 0 N–H and O–H groups in total. The number of alkyl halides is 1. The summed E-state index contributed by atoms with van der Waals surface area (Å²) in [6, 6.07) is 8.27. The van der Waals surface area contributed by atoms with Gasteiger partial charge in [-0.25, -0.2) is 0 Å². The third-order valence-electron chi connectivity index (χ3n) is 5.24. The van der Waals surface area contributed by atoms with Crippen LogP contribution in [0.2, 0.25) is 0 Å². The van der Waals surface area contributed by atoms with Gasteiger partial charge in [-0.2, -0.15) is 0 Å². The molecule has 2 aliphatic heterocycles. The standard InChI is InChI=1S/C12H14Br2O2.C12H15BrO2/c1-8-4-11(5-9(6-13)12(8)14)16-10-2-3-15-7-10;1-8-5-11(6-9(2)12(8)13)15-10-3-4-14-7-10/h4-5,10H,2-3,6-7H2,1H3;5-6,10H,3-4,7H2,1-2H3/t2*10-/m11/s1. The summed E-state index contributed by atoms with van der Waals surface area (Å²) in [6.07, 6.45) is 2.42. The summed E-state index contributed by atoms with van der Waals surface area (Å²) >= 11 is 10.6. The summed E-state index contributed by atoms with van der Waals surface area (Å²) in [5.41, 5.74) is 4.84. The normalized spacial score (nSPS) is 20.3. The van der Waals surface area contributed by atoms with Crippen LogP contribution >= 0.6 is 47.8 Å². The van der Waals surface area contributed by atoms with E-state index in [9.17, 15) is 0 Å². The summed E-state index contributed by atoms with van der Waals surface area (Å²) in [5.74, 6) is 1.88. The fraction of sp³-hybridized carbons (Fsp3) is 0.500. The Bertz CT molecular complexity index is 852. The Labute approximate surface area is 210 Å². The number of hydrogen-bond donors (Lipinski definition) is 0. The lowest BCUT2D eigenvalue weighted by atomic mass is 10.1. The quantitative estimate of drug-likeness (QED) is 0.336. The molecule has 7 heteroatoms. The lowest BCUT2D eigenvalue weighted by Crippen LogP contribution is -2.15. The monoisotopic (exact) mass is 618 g/mol. The van der Waals surface area contributed by atoms with Crippen molar-refractivity contribution in [2.45, 2.75) is 51.2 Å². The van der Waals surface area contributed by atoms with E-state index in [1.807, 2.05) is 0 Å². The second-order valence-corrected chi connectivity index (χ2v) is 10.1. The van der Waals surface area contributed by atoms with Crippen LogP contribution in [0.4, 0.5) is 0 Å². The van der Waals surface area contributed by atoms with E-state index in [0.29, 0.717) is 13.2 Å². The number of aryl methyl sites for hydroxylation is 3. The van der Waals surface area contributed by atoms with E-state index in [4.69, 9.17) is 18.9 Å². The van der Waals surface area contributed by atoms with E-state index in [2.05, 4.69) is 92.8 Å². The zero-order chi connectivity index (χ0) is 22.4. The molecule has 0 bridgehead atoms. The molecule has 31 heavy (non-hydrogen) atoms. The maximum atomic E-state index is 5.89. The zero-order valence-corrected chi connectivity index (χ0v) is 22.9. The lowest BCUT2D eigenvalue weighted by molar-refractivity contribution is 0.141. The highest BCUT2D eigenvalue weighted by Crippen LogP contribution is 2.30. The molecule has 2 atom stereocenters. The van der Waals surface area contributed by atoms with E-state index in [1.54, 1.807) is 0 Å². The fourth-order valence-electron chi connectivity index (χ4n) is 3.54. The number of rotatable bonds is 5. The van der Waals surface area contributed by atoms with Crippen LogP contribution in [0.1, 0.15) is 35.1 Å². The van der Waals surface area contributed by atoms with Gasteiger partial charge in [0.1, 0.15) is 23.7 Å². The van der Waals surface area contributed by atoms with Crippen LogP contribution in [0.3, 0.4) is 0 Å². The van der Waals surface area contributed by atoms with Crippen molar-refractivity contribution >= 4 is 47.8 Å². The van der Waals surface area contributed by atoms with Crippen molar-refractivity contribution in [3.8, 4) is 11.5 Å². The van der Waals surface area contributed by atoms with E-state index < -0.39 is 0 Å². The van der Waals surface area contributed by atoms with Crippen molar-refractivity contribution in [3.63, 3.8) is 0 Å². The van der Waals surface area contributed by atoms with E-state index in [-0.39, 0.29) is 12.2 Å². The number of hydrogen-bond acceptors (Lipinski definition) is 4. The van der Waals surface area contributed by atoms with Gasteiger partial charge in [-0.3, -0.25) is 0 Å². The maximum absolute atomic E-state index is 5.89. The second kappa shape index (κ2) is 12.0. The van der Waals surface area contributed by atoms with Crippen molar-refractivity contribution in [1.29, 1.82) is 0 Å². The van der Waals surface area contributed by atoms with Gasteiger partial charge in [0.25, 0.3) is 0 Å². The fourth-order valence-corrected chi connectivity index (χ4v) is 4.96. The molecule has 0 amide bonds. The summed E-state index contributed by atoms with van der Waals surface area (Å²) in [7, 11) is 0. The van der Waals surface area contributed by atoms with Crippen LogP contribution in [0.5, 0.6) is 11.5 Å². The first-order valence-electron chi connectivity index (χ1n) is 10.5. The average molecular weight is 621 g/mol. The zero-order valence-electron chi connectivity index (χ0n) is 18.2. The maximum Gasteiger partial charge on any atom is 0.124 e. The van der Waals surface area contributed by atoms with Gasteiger partial charge in [0.2, 0.25) is 0 Å². The molecule has 4 nitrogen and oxygen atoms in total. The van der Waals surface area contributed by atoms with Crippen molar-refractivity contribution < 1.29 is 18.9 Å². The smallest absolute Gasteiger partial charge is 0.124 e. The Kier molecular flexibility index (Phi) is 9.71. The lowest BCUT2D eigenvalue weighted by Gasteiger charge is -2.14. The van der Waals surface area contributed by atoms with Gasteiger partial charge in [-0.15, -0.1) is 0 Å². The van der Waals surface area contributed by atoms with Crippen LogP contribution in [0.15, 0.2) is 33.2 Å². The van der Waals surface area contributed by atoms with Gasteiger partial charge in [0.05, 0.1) is 26.4 Å². The Balaban J connectivity index is 0.000000176. The molecule has 0 aromatic heterocycles. The molecule has 2 heterocycles. The van der Waals surface area contributed by atoms with Crippen molar-refractivity contribution in [1.82, 2.24) is 0 Å². The average Bonchev–Trinajstić information content (AvgIpc) is 3.43. The van der Waals surface area contributed by atoms with Gasteiger partial charge in [-0.1, -0.05) is 47.8 Å². The molecule has 2 fully saturated rings.